The van der Waals surface area contributed by atoms with Crippen molar-refractivity contribution < 1.29 is 22.7 Å². The molecule has 25 heavy (non-hydrogen) atoms. The lowest BCUT2D eigenvalue weighted by Gasteiger charge is -2.20. The highest BCUT2D eigenvalue weighted by Gasteiger charge is 2.32. The fourth-order valence-electron chi connectivity index (χ4n) is 2.59. The minimum atomic E-state index is -4.55. The van der Waals surface area contributed by atoms with E-state index in [1.165, 1.54) is 7.11 Å². The summed E-state index contributed by atoms with van der Waals surface area (Å²) in [5.41, 5.74) is -0.0229. The summed E-state index contributed by atoms with van der Waals surface area (Å²) < 4.78 is 43.5. The van der Waals surface area contributed by atoms with Gasteiger partial charge in [-0.25, -0.2) is 9.97 Å². The van der Waals surface area contributed by atoms with Crippen molar-refractivity contribution in [1.82, 2.24) is 9.97 Å². The zero-order valence-electron chi connectivity index (χ0n) is 13.3. The Balaban J connectivity index is 1.90. The molecular formula is C16H15F3N4O2. The summed E-state index contributed by atoms with van der Waals surface area (Å²) in [4.78, 5) is 20.8. The molecule has 2 heterocycles. The SMILES string of the molecule is COc1ccc(Nc2nccc(C(F)(F)F)n2)cc1N1CCCC1=O. The van der Waals surface area contributed by atoms with Gasteiger partial charge in [-0.15, -0.1) is 0 Å². The lowest BCUT2D eigenvalue weighted by Crippen LogP contribution is -2.24. The lowest BCUT2D eigenvalue weighted by molar-refractivity contribution is -0.141. The highest BCUT2D eigenvalue weighted by atomic mass is 19.4. The lowest BCUT2D eigenvalue weighted by atomic mass is 10.2. The van der Waals surface area contributed by atoms with Crippen molar-refractivity contribution in [2.75, 3.05) is 23.9 Å². The van der Waals surface area contributed by atoms with Gasteiger partial charge in [0.2, 0.25) is 11.9 Å². The van der Waals surface area contributed by atoms with Gasteiger partial charge >= 0.3 is 6.18 Å². The quantitative estimate of drug-likeness (QED) is 0.914. The van der Waals surface area contributed by atoms with Crippen LogP contribution in [-0.2, 0) is 11.0 Å². The average molecular weight is 352 g/mol. The van der Waals surface area contributed by atoms with Crippen molar-refractivity contribution in [1.29, 1.82) is 0 Å². The molecule has 0 atom stereocenters. The summed E-state index contributed by atoms with van der Waals surface area (Å²) >= 11 is 0. The van der Waals surface area contributed by atoms with Gasteiger partial charge in [0.25, 0.3) is 0 Å². The summed E-state index contributed by atoms with van der Waals surface area (Å²) in [5.74, 6) is 0.301. The van der Waals surface area contributed by atoms with Gasteiger partial charge in [-0.05, 0) is 30.7 Å². The van der Waals surface area contributed by atoms with E-state index in [0.717, 1.165) is 18.7 Å². The number of nitrogens with zero attached hydrogens (tertiary/aromatic N) is 3. The van der Waals surface area contributed by atoms with Crippen LogP contribution in [-0.4, -0.2) is 29.5 Å². The van der Waals surface area contributed by atoms with Crippen LogP contribution >= 0.6 is 0 Å². The number of hydrogen-bond acceptors (Lipinski definition) is 5. The third kappa shape index (κ3) is 3.65. The zero-order valence-corrected chi connectivity index (χ0v) is 13.3. The smallest absolute Gasteiger partial charge is 0.433 e. The largest absolute Gasteiger partial charge is 0.495 e. The van der Waals surface area contributed by atoms with Crippen LogP contribution in [0.15, 0.2) is 30.5 Å². The van der Waals surface area contributed by atoms with Gasteiger partial charge < -0.3 is 15.0 Å². The molecule has 0 unspecified atom stereocenters. The number of amides is 1. The van der Waals surface area contributed by atoms with Crippen molar-refractivity contribution >= 4 is 23.2 Å². The third-order valence-electron chi connectivity index (χ3n) is 3.75. The van der Waals surface area contributed by atoms with Crippen molar-refractivity contribution in [2.24, 2.45) is 0 Å². The molecule has 1 aromatic heterocycles. The number of methoxy groups -OCH3 is 1. The molecule has 1 saturated heterocycles. The number of aromatic nitrogens is 2. The van der Waals surface area contributed by atoms with Gasteiger partial charge in [0.15, 0.2) is 0 Å². The second-order valence-corrected chi connectivity index (χ2v) is 5.42. The molecule has 1 aliphatic heterocycles. The van der Waals surface area contributed by atoms with Crippen LogP contribution in [0, 0.1) is 0 Å². The first-order chi connectivity index (χ1) is 11.9. The maximum absolute atomic E-state index is 12.7. The molecule has 0 spiro atoms. The van der Waals surface area contributed by atoms with Crippen LogP contribution in [0.1, 0.15) is 18.5 Å². The predicted octanol–water partition coefficient (Wildman–Crippen LogP) is 3.37. The van der Waals surface area contributed by atoms with Gasteiger partial charge in [-0.3, -0.25) is 4.79 Å². The van der Waals surface area contributed by atoms with E-state index in [0.29, 0.717) is 30.1 Å². The van der Waals surface area contributed by atoms with Crippen LogP contribution < -0.4 is 15.0 Å². The number of carbonyl (C=O) groups is 1. The number of halogens is 3. The van der Waals surface area contributed by atoms with Crippen molar-refractivity contribution in [3.8, 4) is 5.75 Å². The Kier molecular flexibility index (Phi) is 4.47. The molecular weight excluding hydrogens is 337 g/mol. The Morgan fingerprint density at radius 2 is 2.08 bits per heavy atom. The molecule has 0 aliphatic carbocycles. The van der Waals surface area contributed by atoms with Gasteiger partial charge in [-0.1, -0.05) is 0 Å². The third-order valence-corrected chi connectivity index (χ3v) is 3.75. The molecule has 1 amide bonds. The topological polar surface area (TPSA) is 67.3 Å². The normalized spacial score (nSPS) is 14.7. The number of alkyl halides is 3. The monoisotopic (exact) mass is 352 g/mol. The van der Waals surface area contributed by atoms with Crippen molar-refractivity contribution in [3.63, 3.8) is 0 Å². The maximum atomic E-state index is 12.7. The van der Waals surface area contributed by atoms with Crippen molar-refractivity contribution in [3.05, 3.63) is 36.2 Å². The average Bonchev–Trinajstić information content (AvgIpc) is 3.00. The summed E-state index contributed by atoms with van der Waals surface area (Å²) in [7, 11) is 1.49. The molecule has 6 nitrogen and oxygen atoms in total. The van der Waals surface area contributed by atoms with Crippen LogP contribution in [0.5, 0.6) is 5.75 Å². The molecule has 0 bridgehead atoms. The number of hydrogen-bond donors (Lipinski definition) is 1. The summed E-state index contributed by atoms with van der Waals surface area (Å²) in [5, 5.41) is 2.73. The predicted molar refractivity (Wildman–Crippen MR) is 84.9 cm³/mol. The molecule has 0 saturated carbocycles. The number of nitrogens with one attached hydrogen (secondary N) is 1. The second-order valence-electron chi connectivity index (χ2n) is 5.42. The van der Waals surface area contributed by atoms with Gasteiger partial charge in [0.05, 0.1) is 12.8 Å². The Hall–Kier alpha value is -2.84. The summed E-state index contributed by atoms with van der Waals surface area (Å²) in [6.45, 7) is 0.568. The molecule has 132 valence electrons. The van der Waals surface area contributed by atoms with Crippen LogP contribution in [0.25, 0.3) is 0 Å². The molecule has 9 heteroatoms. The number of rotatable bonds is 4. The molecule has 1 N–H and O–H groups in total. The summed E-state index contributed by atoms with van der Waals surface area (Å²) in [6, 6.07) is 5.68. The molecule has 2 aromatic rings. The fourth-order valence-corrected chi connectivity index (χ4v) is 2.59. The highest BCUT2D eigenvalue weighted by Crippen LogP contribution is 2.35. The van der Waals surface area contributed by atoms with E-state index >= 15 is 0 Å². The van der Waals surface area contributed by atoms with Crippen LogP contribution in [0.2, 0.25) is 0 Å². The molecule has 0 radical (unpaired) electrons. The Morgan fingerprint density at radius 3 is 2.72 bits per heavy atom. The van der Waals surface area contributed by atoms with E-state index in [4.69, 9.17) is 4.74 Å². The van der Waals surface area contributed by atoms with E-state index in [1.54, 1.807) is 23.1 Å². The highest BCUT2D eigenvalue weighted by molar-refractivity contribution is 5.97. The zero-order chi connectivity index (χ0) is 18.0. The van der Waals surface area contributed by atoms with Crippen molar-refractivity contribution in [2.45, 2.75) is 19.0 Å². The molecule has 1 fully saturated rings. The minimum absolute atomic E-state index is 0.0224. The van der Waals surface area contributed by atoms with E-state index in [2.05, 4.69) is 15.3 Å². The Labute approximate surface area is 141 Å². The van der Waals surface area contributed by atoms with Gasteiger partial charge in [-0.2, -0.15) is 13.2 Å². The fraction of sp³-hybridized carbons (Fsp3) is 0.312. The van der Waals surface area contributed by atoms with E-state index < -0.39 is 11.9 Å². The van der Waals surface area contributed by atoms with E-state index in [1.807, 2.05) is 0 Å². The number of benzene rings is 1. The van der Waals surface area contributed by atoms with Gasteiger partial charge in [0, 0.05) is 24.8 Å². The first-order valence-electron chi connectivity index (χ1n) is 7.54. The molecule has 1 aliphatic rings. The van der Waals surface area contributed by atoms with Gasteiger partial charge in [0.1, 0.15) is 11.4 Å². The molecule has 1 aromatic carbocycles. The number of ether oxygens (including phenoxy) is 1. The standard InChI is InChI=1S/C16H15F3N4O2/c1-25-12-5-4-10(9-11(12)23-8-2-3-14(23)24)21-15-20-7-6-13(22-15)16(17,18)19/h4-7,9H,2-3,8H2,1H3,(H,20,21,22). The molecule has 3 rings (SSSR count). The van der Waals surface area contributed by atoms with E-state index in [-0.39, 0.29) is 11.9 Å². The minimum Gasteiger partial charge on any atom is -0.495 e. The Bertz CT molecular complexity index is 795. The first kappa shape index (κ1) is 17.0. The number of anilines is 3. The van der Waals surface area contributed by atoms with Crippen LogP contribution in [0.4, 0.5) is 30.5 Å². The van der Waals surface area contributed by atoms with Crippen LogP contribution in [0.3, 0.4) is 0 Å². The summed E-state index contributed by atoms with van der Waals surface area (Å²) in [6.07, 6.45) is -2.31. The Morgan fingerprint density at radius 1 is 1.28 bits per heavy atom. The maximum Gasteiger partial charge on any atom is 0.433 e. The first-order valence-corrected chi connectivity index (χ1v) is 7.54. The van der Waals surface area contributed by atoms with E-state index in [9.17, 15) is 18.0 Å². The second kappa shape index (κ2) is 6.58. The number of carbonyl (C=O) groups excluding carboxylic acids is 1.